The van der Waals surface area contributed by atoms with Gasteiger partial charge in [0.05, 0.1) is 29.2 Å². The number of benzene rings is 7. The zero-order valence-corrected chi connectivity index (χ0v) is 42.8. The summed E-state index contributed by atoms with van der Waals surface area (Å²) in [6.07, 6.45) is 10.4. The lowest BCUT2D eigenvalue weighted by atomic mass is 9.82. The molecule has 0 bridgehead atoms. The molecule has 5 aliphatic rings. The van der Waals surface area contributed by atoms with E-state index < -0.39 is 0 Å². The quantitative estimate of drug-likeness (QED) is 0.0246. The van der Waals surface area contributed by atoms with Crippen molar-refractivity contribution >= 4 is 83.8 Å². The van der Waals surface area contributed by atoms with Gasteiger partial charge in [-0.1, -0.05) is 133 Å². The minimum absolute atomic E-state index is 0. The maximum atomic E-state index is 11.8. The van der Waals surface area contributed by atoms with Gasteiger partial charge in [0.1, 0.15) is 55.0 Å². The Balaban J connectivity index is 0.000000180. The molecule has 0 radical (unpaired) electrons. The predicted octanol–water partition coefficient (Wildman–Crippen LogP) is 14.7. The second kappa shape index (κ2) is 31.1. The third kappa shape index (κ3) is 17.1. The number of aromatic nitrogens is 2. The third-order valence-corrected chi connectivity index (χ3v) is 13.6. The number of hydrogen-bond acceptors (Lipinski definition) is 12. The number of ketones is 4. The smallest absolute Gasteiger partial charge is 0.313 e. The van der Waals surface area contributed by atoms with E-state index >= 15 is 0 Å². The van der Waals surface area contributed by atoms with Crippen molar-refractivity contribution in [2.75, 3.05) is 29.4 Å². The first-order valence-electron chi connectivity index (χ1n) is 26.2. The Labute approximate surface area is 476 Å². The molecule has 3 atom stereocenters. The fraction of sp³-hybridized carbons (Fsp3) is 0.269. The van der Waals surface area contributed by atoms with E-state index in [9.17, 15) is 24.3 Å². The van der Waals surface area contributed by atoms with E-state index in [0.29, 0.717) is 43.4 Å². The number of nitrogen functional groups attached to an aromatic ring is 1. The topological polar surface area (TPSA) is 216 Å². The van der Waals surface area contributed by atoms with Gasteiger partial charge in [0.2, 0.25) is 0 Å². The molecule has 424 valence electrons. The average molecular weight is 1100 g/mol. The van der Waals surface area contributed by atoms with Gasteiger partial charge in [-0.05, 0) is 98.0 Å². The molecule has 3 aliphatic carbocycles. The lowest BCUT2D eigenvalue weighted by Crippen LogP contribution is -2.30. The van der Waals surface area contributed by atoms with Crippen LogP contribution >= 0.6 is 0 Å². The molecule has 14 rings (SSSR count). The number of hydrazine groups is 2. The number of Topliss-reactive ketones (excluding diaryl/α,β-unsaturated/α-hetero) is 3. The van der Waals surface area contributed by atoms with Gasteiger partial charge in [-0.25, -0.2) is 4.79 Å². The van der Waals surface area contributed by atoms with E-state index in [1.54, 1.807) is 18.6 Å². The van der Waals surface area contributed by atoms with Crippen LogP contribution < -0.4 is 32.2 Å². The number of phenols is 1. The third-order valence-electron chi connectivity index (χ3n) is 13.6. The Kier molecular flexibility index (Phi) is 24.2. The molecule has 3 fully saturated rings. The van der Waals surface area contributed by atoms with Gasteiger partial charge < -0.3 is 46.1 Å². The number of allylic oxidation sites excluding steroid dienone is 2. The zero-order valence-electron chi connectivity index (χ0n) is 42.8. The number of para-hydroxylation sites is 5. The maximum absolute atomic E-state index is 11.8. The summed E-state index contributed by atoms with van der Waals surface area (Å²) >= 11 is 0. The van der Waals surface area contributed by atoms with Crippen molar-refractivity contribution in [3.05, 3.63) is 194 Å². The molecule has 14 heteroatoms. The largest absolute Gasteiger partial charge is 0.507 e. The summed E-state index contributed by atoms with van der Waals surface area (Å²) in [7, 11) is 0. The number of ether oxygens (including phenoxy) is 2. The fourth-order valence-electron chi connectivity index (χ4n) is 9.75. The molecule has 7 aromatic carbocycles. The van der Waals surface area contributed by atoms with E-state index in [0.717, 1.165) is 105 Å². The summed E-state index contributed by atoms with van der Waals surface area (Å²) in [5.74, 6) is 7.19. The van der Waals surface area contributed by atoms with Crippen molar-refractivity contribution in [2.24, 2.45) is 5.84 Å². The molecule has 81 heavy (non-hydrogen) atoms. The summed E-state index contributed by atoms with van der Waals surface area (Å²) in [4.78, 5) is 50.4. The van der Waals surface area contributed by atoms with Gasteiger partial charge in [0, 0.05) is 81.0 Å². The van der Waals surface area contributed by atoms with E-state index in [1.807, 2.05) is 127 Å². The first-order valence-corrected chi connectivity index (χ1v) is 26.2. The number of hydrogen-bond donors (Lipinski definition) is 8. The molecule has 9 N–H and O–H groups in total. The van der Waals surface area contributed by atoms with E-state index in [-0.39, 0.29) is 65.5 Å². The van der Waals surface area contributed by atoms with Crippen LogP contribution in [-0.2, 0) is 23.9 Å². The molecule has 9 aromatic rings. The van der Waals surface area contributed by atoms with E-state index in [2.05, 4.69) is 68.0 Å². The molecular formula is C67H80N7O7+. The Morgan fingerprint density at radius 2 is 1.21 bits per heavy atom. The number of H-pyrrole nitrogens is 2. The number of rotatable bonds is 7. The summed E-state index contributed by atoms with van der Waals surface area (Å²) in [6.45, 7) is 1.46. The predicted molar refractivity (Wildman–Crippen MR) is 333 cm³/mol. The van der Waals surface area contributed by atoms with Crippen molar-refractivity contribution in [1.82, 2.24) is 15.4 Å². The average Bonchev–Trinajstić information content (AvgIpc) is 3.92. The molecule has 0 spiro atoms. The molecule has 2 aromatic heterocycles. The van der Waals surface area contributed by atoms with Crippen LogP contribution in [0.3, 0.4) is 0 Å². The number of epoxide rings is 1. The number of nitrogens with one attached hydrogen (secondary N) is 6. The van der Waals surface area contributed by atoms with E-state index in [4.69, 9.17) is 15.3 Å². The minimum atomic E-state index is -0.0127. The number of carbonyl (C=O) groups excluding carboxylic acids is 4. The monoisotopic (exact) mass is 1090 g/mol. The van der Waals surface area contributed by atoms with Crippen LogP contribution in [0.25, 0.3) is 43.6 Å². The first-order chi connectivity index (χ1) is 37.7. The van der Waals surface area contributed by atoms with Crippen LogP contribution in [0.4, 0.5) is 17.1 Å². The molecule has 2 aliphatic heterocycles. The molecule has 2 saturated carbocycles. The highest BCUT2D eigenvalue weighted by Gasteiger charge is 2.39. The fourth-order valence-corrected chi connectivity index (χ4v) is 9.75. The number of anilines is 3. The van der Waals surface area contributed by atoms with Gasteiger partial charge in [-0.2, -0.15) is 0 Å². The van der Waals surface area contributed by atoms with Crippen molar-refractivity contribution in [3.63, 3.8) is 0 Å². The van der Waals surface area contributed by atoms with Crippen LogP contribution in [0, 0.1) is 6.42 Å². The number of fused-ring (bicyclic) bond motifs is 9. The molecule has 4 heterocycles. The molecule has 14 nitrogen and oxygen atoms in total. The van der Waals surface area contributed by atoms with Crippen molar-refractivity contribution in [2.45, 2.75) is 106 Å². The number of carbonyl (C=O) groups is 4. The first kappa shape index (κ1) is 63.0. The number of aromatic hydroxyl groups is 1. The second-order valence-electron chi connectivity index (χ2n) is 19.2. The summed E-state index contributed by atoms with van der Waals surface area (Å²) in [5.41, 5.74) is 18.2. The molecule has 1 saturated heterocycles. The second-order valence-corrected chi connectivity index (χ2v) is 19.2. The van der Waals surface area contributed by atoms with E-state index in [1.165, 1.54) is 10.9 Å². The summed E-state index contributed by atoms with van der Waals surface area (Å²) < 4.78 is 11.0. The van der Waals surface area contributed by atoms with Crippen LogP contribution in [0.15, 0.2) is 182 Å². The number of aromatic amines is 2. The van der Waals surface area contributed by atoms with Gasteiger partial charge in [0.25, 0.3) is 0 Å². The van der Waals surface area contributed by atoms with Gasteiger partial charge in [0.15, 0.2) is 5.78 Å². The zero-order chi connectivity index (χ0) is 53.3. The minimum Gasteiger partial charge on any atom is -0.507 e. The Morgan fingerprint density at radius 1 is 0.617 bits per heavy atom. The van der Waals surface area contributed by atoms with Gasteiger partial charge in [-0.3, -0.25) is 20.2 Å². The lowest BCUT2D eigenvalue weighted by molar-refractivity contribution is -0.127. The normalized spacial score (nSPS) is 16.9. The summed E-state index contributed by atoms with van der Waals surface area (Å²) in [6, 6.07) is 55.9. The highest BCUT2D eigenvalue weighted by Crippen LogP contribution is 2.42. The summed E-state index contributed by atoms with van der Waals surface area (Å²) in [5, 5.41) is 17.5. The van der Waals surface area contributed by atoms with Crippen LogP contribution in [0.2, 0.25) is 0 Å². The van der Waals surface area contributed by atoms with Crippen molar-refractivity contribution in [3.8, 4) is 11.5 Å². The number of phenolic OH excluding ortho intramolecular Hbond substituents is 1. The van der Waals surface area contributed by atoms with Crippen molar-refractivity contribution in [1.29, 1.82) is 0 Å². The standard InChI is InChI=1S/C15H13NO2.C12H14N2O.C12H13NO.C12H9NO.C6H8N2.C6H7O2.4CH4/c1-2-5-12-11(4-1)15-13(16-12)6-3-7-14(15)18-9-10-8-17-10;15-12-8-4-7-11(9-12)14-13-10-5-2-1-3-6-10;2*14-11-7-3-6-10-12(11)8-4-1-2-5-9(8)13-10;7-8-6-4-2-1-3-5-6;7-5-2-1-3-6(8)4-5;;;;/h1-7,10,16H,8-9H2;1-3,5-6,9,13-14H,4,7-8H2;1-2,4-5,10,12-13H,3,6-7H2;1-7,13-14H;1-5,8H,7H2;2H,1,3-4H2;4*1H4/q;;;;;+1;;;;/t10-;;;;;;;;;/m0........./s1. The Morgan fingerprint density at radius 3 is 1.83 bits per heavy atom. The number of nitrogens with two attached hydrogens (primary N) is 1. The van der Waals surface area contributed by atoms with Crippen LogP contribution in [0.1, 0.15) is 99.0 Å². The Bertz CT molecular complexity index is 3470. The molecule has 2 unspecified atom stereocenters. The SMILES string of the molecule is C.C.C.C.NNc1ccccc1.O=C1C=C(NNc2ccccc2)CCC1.O=C1CCCC2Nc3ccccc3C12.O=C1[CH+]CCC(=O)C1.Oc1cccc2[nH]c3ccccc3c12.c1ccc2c(c1)[nH]c1cccc(OC[C@@H]3CO3)c12. The molecule has 0 amide bonds. The lowest BCUT2D eigenvalue weighted by Gasteiger charge is -2.24. The highest BCUT2D eigenvalue weighted by atomic mass is 16.6. The van der Waals surface area contributed by atoms with Crippen molar-refractivity contribution < 1.29 is 33.8 Å². The van der Waals surface area contributed by atoms with Gasteiger partial charge >= 0.3 is 5.78 Å². The van der Waals surface area contributed by atoms with Crippen LogP contribution in [-0.4, -0.2) is 63.6 Å². The highest BCUT2D eigenvalue weighted by molar-refractivity contribution is 6.11. The maximum Gasteiger partial charge on any atom is 0.313 e. The Hall–Kier alpha value is -8.85. The van der Waals surface area contributed by atoms with Crippen LogP contribution in [0.5, 0.6) is 11.5 Å². The van der Waals surface area contributed by atoms with Gasteiger partial charge in [-0.15, -0.1) is 0 Å². The molecular weight excluding hydrogens is 1010 g/mol.